The predicted octanol–water partition coefficient (Wildman–Crippen LogP) is 5.04. The SMILES string of the molecule is COc1cc(CC(=O)[C@H](CCCNC(N)=O)NC(=O)[C@@H](CC(=S)NCCOCCOCCC(=O)ON2C(=O)CCC2=O)C(C)C)ccc1C(=O)N(C)[C@@H](C)C(=O)O[C@H]1CC(=O)N(C)c2cc(cc(C)c2Cl)C/C(C)=C/C=C/[C@@H](OC)[C@]2(O)CC(=O)O[C@@H](C2)[C@@H](C)[C@@H]2O[C@@]12C. The molecule has 0 spiro atoms. The second-order valence-electron chi connectivity index (χ2n) is 24.8. The van der Waals surface area contributed by atoms with Crippen LogP contribution in [0.15, 0.2) is 54.1 Å². The number of likely N-dealkylation sites (N-methyl/N-ethyl adjacent to an activating group) is 1. The quantitative estimate of drug-likeness (QED) is 0.0245. The molecular formula is C66H90ClN7O19S. The van der Waals surface area contributed by atoms with Crippen LogP contribution in [0.25, 0.3) is 0 Å². The highest BCUT2D eigenvalue weighted by Gasteiger charge is 2.64. The Balaban J connectivity index is 1.10. The van der Waals surface area contributed by atoms with Crippen LogP contribution < -0.4 is 31.3 Å². The van der Waals surface area contributed by atoms with E-state index in [0.717, 1.165) is 21.6 Å². The fourth-order valence-corrected chi connectivity index (χ4v) is 12.1. The van der Waals surface area contributed by atoms with Gasteiger partial charge in [0, 0.05) is 78.2 Å². The Bertz CT molecular complexity index is 3200. The van der Waals surface area contributed by atoms with Crippen LogP contribution in [0.3, 0.4) is 0 Å². The van der Waals surface area contributed by atoms with Gasteiger partial charge in [0.1, 0.15) is 41.3 Å². The lowest BCUT2D eigenvalue weighted by molar-refractivity contribution is -0.198. The molecule has 26 nitrogen and oxygen atoms in total. The van der Waals surface area contributed by atoms with Crippen molar-refractivity contribution in [1.29, 1.82) is 0 Å². The van der Waals surface area contributed by atoms with E-state index < -0.39 is 125 Å². The van der Waals surface area contributed by atoms with Crippen molar-refractivity contribution in [3.05, 3.63) is 81.4 Å². The number of carbonyl (C=O) groups is 10. The maximum Gasteiger partial charge on any atom is 0.335 e. The van der Waals surface area contributed by atoms with E-state index in [-0.39, 0.29) is 108 Å². The standard InChI is InChI=1S/C66H90ClN7O19S/c1-37(2)45(33-53(94)69-23-25-89-27-26-88-24-21-57(79)93-74-54(76)19-20-55(74)77)61(81)71-46(15-13-22-70-64(68)84)48(75)31-42-17-18-44(49(32-42)86-10)62(82)72(8)41(6)63(83)91-52-34-56(78)73(9)47-30-43(29-39(4)59(47)67)28-38(3)14-12-16-51(87-11)66(85)35-50(90-58(80)36-66)40(5)60-65(52,7)92-60/h12,14,16-18,29-30,32,37,40-41,45-46,50-52,60,85H,13,15,19-28,31,33-36H2,1-11H3,(H,69,94)(H,71,81)(H3,68,70,84)/b16-12+,38-14+/t40-,41+,45+,46+,50+,51-,52+,60+,65+,66-/m1/s1. The fourth-order valence-electron chi connectivity index (χ4n) is 11.6. The number of ether oxygens (including phenoxy) is 7. The number of aliphatic hydroxyl groups is 1. The summed E-state index contributed by atoms with van der Waals surface area (Å²) in [6, 6.07) is 5.20. The van der Waals surface area contributed by atoms with Crippen LogP contribution in [-0.2, 0) is 84.5 Å². The molecule has 0 radical (unpaired) electrons. The number of anilines is 1. The lowest BCUT2D eigenvalue weighted by Crippen LogP contribution is -2.53. The van der Waals surface area contributed by atoms with Crippen molar-refractivity contribution in [3.63, 3.8) is 0 Å². The van der Waals surface area contributed by atoms with Crippen molar-refractivity contribution >= 4 is 93.8 Å². The summed E-state index contributed by atoms with van der Waals surface area (Å²) in [5.41, 5.74) is 5.70. The minimum absolute atomic E-state index is 0.00754. The number of hydrogen-bond acceptors (Lipinski definition) is 20. The number of esters is 2. The van der Waals surface area contributed by atoms with E-state index in [1.807, 2.05) is 45.9 Å². The summed E-state index contributed by atoms with van der Waals surface area (Å²) >= 11 is 12.5. The van der Waals surface area contributed by atoms with Gasteiger partial charge in [-0.3, -0.25) is 33.6 Å². The monoisotopic (exact) mass is 1350 g/mol. The minimum Gasteiger partial charge on any atom is -0.496 e. The predicted molar refractivity (Wildman–Crippen MR) is 347 cm³/mol. The average molecular weight is 1350 g/mol. The number of amides is 7. The normalized spacial score (nSPS) is 24.1. The maximum absolute atomic E-state index is 14.5. The molecule has 28 heteroatoms. The summed E-state index contributed by atoms with van der Waals surface area (Å²) < 4.78 is 40.9. The second-order valence-corrected chi connectivity index (χ2v) is 25.7. The van der Waals surface area contributed by atoms with Crippen molar-refractivity contribution in [1.82, 2.24) is 25.9 Å². The number of benzene rings is 2. The summed E-state index contributed by atoms with van der Waals surface area (Å²) in [5, 5.41) is 21.4. The zero-order chi connectivity index (χ0) is 69.4. The van der Waals surface area contributed by atoms with E-state index in [4.69, 9.17) is 67.5 Å². The first-order chi connectivity index (χ1) is 44.4. The number of fused-ring (bicyclic) bond motifs is 5. The number of methoxy groups -OCH3 is 2. The van der Waals surface area contributed by atoms with Gasteiger partial charge >= 0.3 is 23.9 Å². The summed E-state index contributed by atoms with van der Waals surface area (Å²) in [7, 11) is 5.76. The number of aryl methyl sites for hydroxylation is 1. The molecule has 3 fully saturated rings. The fraction of sp³-hybridized carbons (Fsp3) is 0.591. The van der Waals surface area contributed by atoms with Crippen LogP contribution in [0.1, 0.15) is 126 Å². The molecule has 4 bridgehead atoms. The molecule has 7 amide bonds. The van der Waals surface area contributed by atoms with Gasteiger partial charge in [-0.15, -0.1) is 5.06 Å². The zero-order valence-electron chi connectivity index (χ0n) is 55.3. The molecule has 2 aromatic rings. The molecule has 6 N–H and O–H groups in total. The Morgan fingerprint density at radius 3 is 2.30 bits per heavy atom. The summed E-state index contributed by atoms with van der Waals surface area (Å²) in [5.74, 6) is -6.82. The van der Waals surface area contributed by atoms with Crippen molar-refractivity contribution in [2.24, 2.45) is 23.5 Å². The number of urea groups is 1. The van der Waals surface area contributed by atoms with Crippen LogP contribution in [-0.4, -0.2) is 195 Å². The molecule has 4 aliphatic rings. The van der Waals surface area contributed by atoms with Gasteiger partial charge in [0.05, 0.1) is 86.2 Å². The van der Waals surface area contributed by atoms with Gasteiger partial charge in [-0.25, -0.2) is 14.4 Å². The molecule has 0 aliphatic carbocycles. The largest absolute Gasteiger partial charge is 0.496 e. The molecule has 4 heterocycles. The highest BCUT2D eigenvalue weighted by atomic mass is 35.5. The summed E-state index contributed by atoms with van der Waals surface area (Å²) in [6.45, 7) is 13.4. The molecule has 516 valence electrons. The van der Waals surface area contributed by atoms with E-state index >= 15 is 0 Å². The lowest BCUT2D eigenvalue weighted by atomic mass is 9.78. The zero-order valence-corrected chi connectivity index (χ0v) is 56.9. The highest BCUT2D eigenvalue weighted by molar-refractivity contribution is 7.80. The molecule has 0 saturated carbocycles. The molecule has 4 aliphatic heterocycles. The number of thiocarbonyl (C=S) groups is 1. The first kappa shape index (κ1) is 75.6. The molecule has 94 heavy (non-hydrogen) atoms. The molecule has 0 unspecified atom stereocenters. The smallest absolute Gasteiger partial charge is 0.335 e. The topological polar surface area (TPSA) is 340 Å². The third-order valence-electron chi connectivity index (χ3n) is 17.4. The number of ketones is 1. The number of primary amides is 1. The van der Waals surface area contributed by atoms with Gasteiger partial charge in [0.2, 0.25) is 11.8 Å². The Hall–Kier alpha value is -7.40. The number of halogens is 1. The molecular weight excluding hydrogens is 1260 g/mol. The third kappa shape index (κ3) is 20.3. The van der Waals surface area contributed by atoms with E-state index in [1.54, 1.807) is 39.1 Å². The van der Waals surface area contributed by atoms with Gasteiger partial charge in [0.15, 0.2) is 5.78 Å². The number of imide groups is 1. The van der Waals surface area contributed by atoms with E-state index in [0.29, 0.717) is 39.3 Å². The number of epoxide rings is 1. The molecule has 2 aromatic carbocycles. The number of rotatable bonds is 28. The van der Waals surface area contributed by atoms with Crippen molar-refractivity contribution in [2.45, 2.75) is 167 Å². The van der Waals surface area contributed by atoms with E-state index in [9.17, 15) is 53.1 Å². The van der Waals surface area contributed by atoms with Gasteiger partial charge in [0.25, 0.3) is 17.7 Å². The molecule has 0 aromatic heterocycles. The number of carbonyl (C=O) groups excluding carboxylic acids is 10. The minimum atomic E-state index is -1.66. The van der Waals surface area contributed by atoms with Crippen LogP contribution >= 0.6 is 23.8 Å². The molecule has 3 saturated heterocycles. The second kappa shape index (κ2) is 34.3. The van der Waals surface area contributed by atoms with Crippen LogP contribution in [0.4, 0.5) is 10.5 Å². The number of Topliss-reactive ketones (excluding diaryl/α,β-unsaturated/α-hetero) is 1. The Labute approximate surface area is 558 Å². The van der Waals surface area contributed by atoms with Crippen LogP contribution in [0, 0.1) is 24.7 Å². The van der Waals surface area contributed by atoms with Gasteiger partial charge in [-0.2, -0.15) is 0 Å². The average Bonchev–Trinajstić information content (AvgIpc) is 1.57. The third-order valence-corrected chi connectivity index (χ3v) is 18.2. The number of allylic oxidation sites excluding steroid dienone is 3. The summed E-state index contributed by atoms with van der Waals surface area (Å²) in [6.07, 6.45) is 1.41. The van der Waals surface area contributed by atoms with Gasteiger partial charge in [-0.1, -0.05) is 80.5 Å². The first-order valence-electron chi connectivity index (χ1n) is 31.4. The number of hydrogen-bond donors (Lipinski definition) is 5. The van der Waals surface area contributed by atoms with Crippen molar-refractivity contribution < 1.29 is 91.0 Å². The Morgan fingerprint density at radius 2 is 1.64 bits per heavy atom. The number of nitrogens with zero attached hydrogens (tertiary/aromatic N) is 3. The Morgan fingerprint density at radius 1 is 0.947 bits per heavy atom. The van der Waals surface area contributed by atoms with Crippen molar-refractivity contribution in [2.75, 3.05) is 72.7 Å². The molecule has 6 rings (SSSR count). The lowest BCUT2D eigenvalue weighted by Gasteiger charge is -2.41. The first-order valence-corrected chi connectivity index (χ1v) is 32.2. The van der Waals surface area contributed by atoms with Crippen LogP contribution in [0.5, 0.6) is 5.75 Å². The summed E-state index contributed by atoms with van der Waals surface area (Å²) in [4.78, 5) is 140. The maximum atomic E-state index is 14.5. The van der Waals surface area contributed by atoms with Gasteiger partial charge < -0.3 is 74.6 Å². The number of nitrogens with one attached hydrogen (secondary N) is 3. The Kier molecular flexibility index (Phi) is 27.6. The molecule has 10 atom stereocenters. The van der Waals surface area contributed by atoms with Gasteiger partial charge in [-0.05, 0) is 87.8 Å². The van der Waals surface area contributed by atoms with Crippen molar-refractivity contribution in [3.8, 4) is 5.75 Å². The van der Waals surface area contributed by atoms with E-state index in [2.05, 4.69) is 16.0 Å². The van der Waals surface area contributed by atoms with E-state index in [1.165, 1.54) is 45.2 Å². The highest BCUT2D eigenvalue weighted by Crippen LogP contribution is 2.50. The number of nitrogens with two attached hydrogens (primary N) is 1. The van der Waals surface area contributed by atoms with Crippen LogP contribution in [0.2, 0.25) is 5.02 Å². The number of hydroxylamine groups is 2.